The third kappa shape index (κ3) is 3.98. The Bertz CT molecular complexity index is 1400. The van der Waals surface area contributed by atoms with Crippen LogP contribution in [0.25, 0.3) is 22.0 Å². The molecule has 1 aromatic carbocycles. The number of carbonyl (C=O) groups excluding carboxylic acids is 1. The molecule has 10 heteroatoms. The summed E-state index contributed by atoms with van der Waals surface area (Å²) in [7, 11) is 1.71. The van der Waals surface area contributed by atoms with E-state index in [0.717, 1.165) is 22.0 Å². The summed E-state index contributed by atoms with van der Waals surface area (Å²) in [6.07, 6.45) is 9.49. The van der Waals surface area contributed by atoms with Crippen molar-refractivity contribution < 1.29 is 9.90 Å². The summed E-state index contributed by atoms with van der Waals surface area (Å²) >= 11 is 1.49. The number of amides is 1. The standard InChI is InChI=1S/C25H25N7O2S/c1-31-11-9-25(34,23(31)33)17-5-2-4-16(12-17)22-29-21(15-35-22)20-8-10-26-24(30-20)28-18-13-27-32(14-18)19-6-3-7-19/h2,4-5,8,10,12-15,19,34H,3,6-7,9,11H2,1H3,(H,26,28,30)/t25-/m1/s1. The van der Waals surface area contributed by atoms with E-state index in [2.05, 4.69) is 20.4 Å². The SMILES string of the molecule is CN1CC[C@@](O)(c2cccc(-c3nc(-c4ccnc(Nc5cnn(C6CCC6)c5)n4)cs3)c2)C1=O. The molecule has 0 unspecified atom stereocenters. The molecule has 0 radical (unpaired) electrons. The first-order valence-corrected chi connectivity index (χ1v) is 12.6. The van der Waals surface area contributed by atoms with Crippen molar-refractivity contribution in [3.8, 4) is 22.0 Å². The molecule has 9 nitrogen and oxygen atoms in total. The van der Waals surface area contributed by atoms with E-state index < -0.39 is 5.60 Å². The minimum atomic E-state index is -1.48. The Kier molecular flexibility index (Phi) is 5.34. The van der Waals surface area contributed by atoms with Crippen LogP contribution in [0.5, 0.6) is 0 Å². The van der Waals surface area contributed by atoms with Gasteiger partial charge in [0.25, 0.3) is 5.91 Å². The van der Waals surface area contributed by atoms with Gasteiger partial charge >= 0.3 is 0 Å². The van der Waals surface area contributed by atoms with Gasteiger partial charge in [-0.1, -0.05) is 18.2 Å². The predicted octanol–water partition coefficient (Wildman–Crippen LogP) is 3.98. The average Bonchev–Trinajstić information content (AvgIpc) is 3.56. The monoisotopic (exact) mass is 487 g/mol. The molecule has 0 spiro atoms. The van der Waals surface area contributed by atoms with Gasteiger partial charge in [0.1, 0.15) is 10.7 Å². The van der Waals surface area contributed by atoms with Crippen molar-refractivity contribution in [1.82, 2.24) is 29.6 Å². The van der Waals surface area contributed by atoms with Crippen molar-refractivity contribution in [1.29, 1.82) is 0 Å². The maximum Gasteiger partial charge on any atom is 0.258 e. The van der Waals surface area contributed by atoms with Gasteiger partial charge < -0.3 is 15.3 Å². The van der Waals surface area contributed by atoms with Crippen LogP contribution in [0, 0.1) is 0 Å². The largest absolute Gasteiger partial charge is 0.375 e. The Morgan fingerprint density at radius 3 is 2.86 bits per heavy atom. The summed E-state index contributed by atoms with van der Waals surface area (Å²) in [6.45, 7) is 0.534. The number of nitrogens with one attached hydrogen (secondary N) is 1. The predicted molar refractivity (Wildman–Crippen MR) is 133 cm³/mol. The average molecular weight is 488 g/mol. The van der Waals surface area contributed by atoms with E-state index in [9.17, 15) is 9.90 Å². The molecule has 2 fully saturated rings. The van der Waals surface area contributed by atoms with Gasteiger partial charge in [-0.15, -0.1) is 11.3 Å². The van der Waals surface area contributed by atoms with Crippen LogP contribution < -0.4 is 5.32 Å². The number of aliphatic hydroxyl groups is 1. The quantitative estimate of drug-likeness (QED) is 0.423. The highest BCUT2D eigenvalue weighted by Crippen LogP contribution is 2.36. The van der Waals surface area contributed by atoms with Crippen LogP contribution in [0.1, 0.15) is 37.3 Å². The number of hydrogen-bond donors (Lipinski definition) is 2. The van der Waals surface area contributed by atoms with Crippen LogP contribution in [-0.2, 0) is 10.4 Å². The Morgan fingerprint density at radius 1 is 1.20 bits per heavy atom. The lowest BCUT2D eigenvalue weighted by molar-refractivity contribution is -0.143. The molecule has 3 aromatic heterocycles. The van der Waals surface area contributed by atoms with E-state index in [1.807, 2.05) is 40.5 Å². The summed E-state index contributed by atoms with van der Waals surface area (Å²) in [5, 5.41) is 21.4. The fourth-order valence-electron chi connectivity index (χ4n) is 4.50. The molecule has 2 aliphatic rings. The highest BCUT2D eigenvalue weighted by Gasteiger charge is 2.45. The molecular formula is C25H25N7O2S. The summed E-state index contributed by atoms with van der Waals surface area (Å²) in [4.78, 5) is 27.8. The maximum atomic E-state index is 12.5. The van der Waals surface area contributed by atoms with Crippen LogP contribution >= 0.6 is 11.3 Å². The molecule has 1 saturated heterocycles. The van der Waals surface area contributed by atoms with Gasteiger partial charge in [-0.25, -0.2) is 15.0 Å². The molecule has 4 aromatic rings. The van der Waals surface area contributed by atoms with Crippen molar-refractivity contribution in [2.24, 2.45) is 0 Å². The van der Waals surface area contributed by atoms with E-state index in [1.165, 1.54) is 30.6 Å². The number of rotatable bonds is 6. The molecule has 1 aliphatic carbocycles. The van der Waals surface area contributed by atoms with Gasteiger partial charge in [0.05, 0.1) is 23.6 Å². The van der Waals surface area contributed by atoms with Crippen LogP contribution in [0.2, 0.25) is 0 Å². The van der Waals surface area contributed by atoms with Crippen molar-refractivity contribution in [3.63, 3.8) is 0 Å². The summed E-state index contributed by atoms with van der Waals surface area (Å²) in [6, 6.07) is 9.76. The van der Waals surface area contributed by atoms with Crippen molar-refractivity contribution >= 4 is 28.9 Å². The van der Waals surface area contributed by atoms with Crippen molar-refractivity contribution in [2.75, 3.05) is 18.9 Å². The van der Waals surface area contributed by atoms with E-state index in [0.29, 0.717) is 36.2 Å². The van der Waals surface area contributed by atoms with Crippen LogP contribution in [-0.4, -0.2) is 54.2 Å². The summed E-state index contributed by atoms with van der Waals surface area (Å²) < 4.78 is 2.00. The van der Waals surface area contributed by atoms with Gasteiger partial charge in [-0.05, 0) is 37.0 Å². The van der Waals surface area contributed by atoms with Gasteiger partial charge in [0.15, 0.2) is 5.60 Å². The third-order valence-electron chi connectivity index (χ3n) is 6.83. The van der Waals surface area contributed by atoms with E-state index in [4.69, 9.17) is 4.98 Å². The molecule has 1 saturated carbocycles. The third-order valence-corrected chi connectivity index (χ3v) is 7.72. The Labute approximate surface area is 206 Å². The highest BCUT2D eigenvalue weighted by atomic mass is 32.1. The molecule has 1 amide bonds. The normalized spacial score (nSPS) is 20.3. The number of anilines is 2. The number of likely N-dealkylation sites (N-methyl/N-ethyl adjacent to an activating group) is 1. The molecular weight excluding hydrogens is 462 g/mol. The van der Waals surface area contributed by atoms with Gasteiger partial charge in [-0.3, -0.25) is 9.48 Å². The molecule has 1 aliphatic heterocycles. The number of thiazole rings is 1. The van der Waals surface area contributed by atoms with Gasteiger partial charge in [0.2, 0.25) is 5.95 Å². The molecule has 35 heavy (non-hydrogen) atoms. The van der Waals surface area contributed by atoms with Gasteiger partial charge in [-0.2, -0.15) is 5.10 Å². The lowest BCUT2D eigenvalue weighted by Crippen LogP contribution is -2.36. The van der Waals surface area contributed by atoms with Crippen LogP contribution in [0.15, 0.2) is 54.3 Å². The van der Waals surface area contributed by atoms with E-state index in [-0.39, 0.29) is 5.91 Å². The van der Waals surface area contributed by atoms with Gasteiger partial charge in [0, 0.05) is 43.4 Å². The molecule has 4 heterocycles. The maximum absolute atomic E-state index is 12.5. The number of hydrogen-bond acceptors (Lipinski definition) is 8. The number of aromatic nitrogens is 5. The van der Waals surface area contributed by atoms with Crippen molar-refractivity contribution in [3.05, 3.63) is 59.9 Å². The Hall–Kier alpha value is -3.63. The van der Waals surface area contributed by atoms with Crippen LogP contribution in [0.4, 0.5) is 11.6 Å². The molecule has 0 bridgehead atoms. The van der Waals surface area contributed by atoms with Crippen LogP contribution in [0.3, 0.4) is 0 Å². The first-order chi connectivity index (χ1) is 17.0. The van der Waals surface area contributed by atoms with E-state index in [1.54, 1.807) is 30.4 Å². The zero-order chi connectivity index (χ0) is 24.0. The Morgan fingerprint density at radius 2 is 2.09 bits per heavy atom. The fourth-order valence-corrected chi connectivity index (χ4v) is 5.31. The lowest BCUT2D eigenvalue weighted by atomic mass is 9.91. The number of nitrogens with zero attached hydrogens (tertiary/aromatic N) is 6. The first-order valence-electron chi connectivity index (χ1n) is 11.7. The number of benzene rings is 1. The summed E-state index contributed by atoms with van der Waals surface area (Å²) in [5.74, 6) is 0.215. The first kappa shape index (κ1) is 21.9. The summed E-state index contributed by atoms with van der Waals surface area (Å²) in [5.41, 5.74) is 2.27. The zero-order valence-corrected chi connectivity index (χ0v) is 20.1. The van der Waals surface area contributed by atoms with Crippen molar-refractivity contribution in [2.45, 2.75) is 37.3 Å². The molecule has 2 N–H and O–H groups in total. The minimum absolute atomic E-state index is 0.270. The smallest absolute Gasteiger partial charge is 0.258 e. The Balaban J connectivity index is 1.22. The second-order valence-electron chi connectivity index (χ2n) is 9.14. The highest BCUT2D eigenvalue weighted by molar-refractivity contribution is 7.13. The number of carbonyl (C=O) groups is 1. The second kappa shape index (κ2) is 8.54. The molecule has 178 valence electrons. The fraction of sp³-hybridized carbons (Fsp3) is 0.320. The lowest BCUT2D eigenvalue weighted by Gasteiger charge is -2.25. The minimum Gasteiger partial charge on any atom is -0.375 e. The second-order valence-corrected chi connectivity index (χ2v) is 10.00. The molecule has 6 rings (SSSR count). The molecule has 1 atom stereocenters. The number of likely N-dealkylation sites (tertiary alicyclic amines) is 1. The topological polar surface area (TPSA) is 109 Å². The van der Waals surface area contributed by atoms with E-state index >= 15 is 0 Å². The zero-order valence-electron chi connectivity index (χ0n) is 19.3.